The van der Waals surface area contributed by atoms with Crippen LogP contribution in [-0.4, -0.2) is 31.3 Å². The number of nitrogens with two attached hydrogens (primary N) is 1. The lowest BCUT2D eigenvalue weighted by Gasteiger charge is -2.24. The number of hydrogen-bond acceptors (Lipinski definition) is 4. The van der Waals surface area contributed by atoms with Crippen LogP contribution in [0.1, 0.15) is 37.5 Å². The number of benzene rings is 1. The monoisotopic (exact) mass is 280 g/mol. The SMILES string of the molecule is CNC(CCN)C(O)c1ccc(OCC(C)C)cc1C. The second kappa shape index (κ2) is 8.25. The first-order chi connectivity index (χ1) is 9.49. The number of hydrogen-bond donors (Lipinski definition) is 3. The molecule has 4 heteroatoms. The van der Waals surface area contributed by atoms with Crippen molar-refractivity contribution in [2.75, 3.05) is 20.2 Å². The van der Waals surface area contributed by atoms with Gasteiger partial charge in [-0.1, -0.05) is 19.9 Å². The summed E-state index contributed by atoms with van der Waals surface area (Å²) in [6.45, 7) is 7.49. The predicted molar refractivity (Wildman–Crippen MR) is 83.0 cm³/mol. The highest BCUT2D eigenvalue weighted by Gasteiger charge is 2.20. The number of aliphatic hydroxyl groups is 1. The number of rotatable bonds is 8. The molecule has 2 unspecified atom stereocenters. The molecule has 1 aromatic carbocycles. The summed E-state index contributed by atoms with van der Waals surface area (Å²) in [6, 6.07) is 5.82. The summed E-state index contributed by atoms with van der Waals surface area (Å²) in [4.78, 5) is 0. The van der Waals surface area contributed by atoms with Gasteiger partial charge in [-0.05, 0) is 56.1 Å². The van der Waals surface area contributed by atoms with Crippen LogP contribution in [0.5, 0.6) is 5.75 Å². The molecule has 1 rings (SSSR count). The molecule has 0 radical (unpaired) electrons. The lowest BCUT2D eigenvalue weighted by Crippen LogP contribution is -2.34. The van der Waals surface area contributed by atoms with Gasteiger partial charge in [0.25, 0.3) is 0 Å². The molecule has 114 valence electrons. The minimum Gasteiger partial charge on any atom is -0.493 e. The van der Waals surface area contributed by atoms with E-state index in [1.165, 1.54) is 0 Å². The van der Waals surface area contributed by atoms with Gasteiger partial charge >= 0.3 is 0 Å². The van der Waals surface area contributed by atoms with Gasteiger partial charge in [0.1, 0.15) is 5.75 Å². The number of aryl methyl sites for hydroxylation is 1. The van der Waals surface area contributed by atoms with Gasteiger partial charge in [0.15, 0.2) is 0 Å². The second-order valence-electron chi connectivity index (χ2n) is 5.64. The normalized spacial score (nSPS) is 14.3. The molecule has 2 atom stereocenters. The van der Waals surface area contributed by atoms with E-state index in [0.717, 1.165) is 23.3 Å². The standard InChI is InChI=1S/C16H28N2O2/c1-11(2)10-20-13-5-6-14(12(3)9-13)16(19)15(18-4)7-8-17/h5-6,9,11,15-16,18-19H,7-8,10,17H2,1-4H3. The first-order valence-corrected chi connectivity index (χ1v) is 7.28. The molecule has 0 saturated carbocycles. The topological polar surface area (TPSA) is 67.5 Å². The van der Waals surface area contributed by atoms with Crippen molar-refractivity contribution in [2.24, 2.45) is 11.7 Å². The summed E-state index contributed by atoms with van der Waals surface area (Å²) < 4.78 is 5.70. The quantitative estimate of drug-likeness (QED) is 0.681. The molecule has 1 aromatic rings. The van der Waals surface area contributed by atoms with Crippen LogP contribution in [-0.2, 0) is 0 Å². The summed E-state index contributed by atoms with van der Waals surface area (Å²) >= 11 is 0. The number of aliphatic hydroxyl groups excluding tert-OH is 1. The summed E-state index contributed by atoms with van der Waals surface area (Å²) in [5, 5.41) is 13.6. The summed E-state index contributed by atoms with van der Waals surface area (Å²) in [6.07, 6.45) is 0.186. The minimum atomic E-state index is -0.553. The molecule has 0 aliphatic rings. The van der Waals surface area contributed by atoms with Crippen molar-refractivity contribution in [2.45, 2.75) is 39.3 Å². The molecule has 0 amide bonds. The third kappa shape index (κ3) is 4.78. The number of ether oxygens (including phenoxy) is 1. The fourth-order valence-corrected chi connectivity index (χ4v) is 2.19. The van der Waals surface area contributed by atoms with Crippen molar-refractivity contribution in [3.05, 3.63) is 29.3 Å². The Kier molecular flexibility index (Phi) is 6.99. The molecular weight excluding hydrogens is 252 g/mol. The van der Waals surface area contributed by atoms with E-state index in [0.29, 0.717) is 19.1 Å². The van der Waals surface area contributed by atoms with Crippen molar-refractivity contribution in [1.29, 1.82) is 0 Å². The van der Waals surface area contributed by atoms with Crippen LogP contribution in [0.15, 0.2) is 18.2 Å². The van der Waals surface area contributed by atoms with Crippen LogP contribution in [0.25, 0.3) is 0 Å². The van der Waals surface area contributed by atoms with Gasteiger partial charge in [0, 0.05) is 6.04 Å². The lowest BCUT2D eigenvalue weighted by molar-refractivity contribution is 0.128. The molecular formula is C16H28N2O2. The minimum absolute atomic E-state index is 0.0267. The molecule has 0 heterocycles. The van der Waals surface area contributed by atoms with Crippen molar-refractivity contribution in [3.63, 3.8) is 0 Å². The van der Waals surface area contributed by atoms with E-state index in [1.54, 1.807) is 0 Å². The van der Waals surface area contributed by atoms with Crippen LogP contribution >= 0.6 is 0 Å². The molecule has 0 aliphatic heterocycles. The third-order valence-corrected chi connectivity index (χ3v) is 3.37. The Balaban J connectivity index is 2.80. The van der Waals surface area contributed by atoms with Crippen molar-refractivity contribution in [3.8, 4) is 5.75 Å². The smallest absolute Gasteiger partial charge is 0.119 e. The van der Waals surface area contributed by atoms with E-state index in [1.807, 2.05) is 32.2 Å². The fourth-order valence-electron chi connectivity index (χ4n) is 2.19. The van der Waals surface area contributed by atoms with Gasteiger partial charge < -0.3 is 20.9 Å². The molecule has 20 heavy (non-hydrogen) atoms. The Morgan fingerprint density at radius 1 is 1.35 bits per heavy atom. The zero-order chi connectivity index (χ0) is 15.1. The Morgan fingerprint density at radius 2 is 2.05 bits per heavy atom. The average molecular weight is 280 g/mol. The van der Waals surface area contributed by atoms with Crippen molar-refractivity contribution in [1.82, 2.24) is 5.32 Å². The van der Waals surface area contributed by atoms with E-state index >= 15 is 0 Å². The Labute approximate surface area is 122 Å². The zero-order valence-corrected chi connectivity index (χ0v) is 13.0. The number of likely N-dealkylation sites (N-methyl/N-ethyl adjacent to an activating group) is 1. The Morgan fingerprint density at radius 3 is 2.55 bits per heavy atom. The zero-order valence-electron chi connectivity index (χ0n) is 13.0. The highest BCUT2D eigenvalue weighted by atomic mass is 16.5. The molecule has 4 N–H and O–H groups in total. The van der Waals surface area contributed by atoms with Crippen LogP contribution < -0.4 is 15.8 Å². The molecule has 0 spiro atoms. The van der Waals surface area contributed by atoms with E-state index in [2.05, 4.69) is 19.2 Å². The molecule has 0 fully saturated rings. The van der Waals surface area contributed by atoms with Gasteiger partial charge in [0.05, 0.1) is 12.7 Å². The van der Waals surface area contributed by atoms with Crippen molar-refractivity contribution < 1.29 is 9.84 Å². The van der Waals surface area contributed by atoms with E-state index in [4.69, 9.17) is 10.5 Å². The number of nitrogens with one attached hydrogen (secondary N) is 1. The molecule has 0 aliphatic carbocycles. The maximum absolute atomic E-state index is 10.4. The van der Waals surface area contributed by atoms with E-state index < -0.39 is 6.10 Å². The van der Waals surface area contributed by atoms with Gasteiger partial charge in [0.2, 0.25) is 0 Å². The molecule has 4 nitrogen and oxygen atoms in total. The summed E-state index contributed by atoms with van der Waals surface area (Å²) in [7, 11) is 1.85. The highest BCUT2D eigenvalue weighted by molar-refractivity contribution is 5.36. The molecule has 0 saturated heterocycles. The Bertz CT molecular complexity index is 407. The first-order valence-electron chi connectivity index (χ1n) is 7.28. The predicted octanol–water partition coefficient (Wildman–Crippen LogP) is 2.00. The van der Waals surface area contributed by atoms with Crippen LogP contribution in [0, 0.1) is 12.8 Å². The summed E-state index contributed by atoms with van der Waals surface area (Å²) in [5.41, 5.74) is 7.54. The van der Waals surface area contributed by atoms with Crippen LogP contribution in [0.4, 0.5) is 0 Å². The van der Waals surface area contributed by atoms with Gasteiger partial charge in [-0.2, -0.15) is 0 Å². The van der Waals surface area contributed by atoms with Gasteiger partial charge in [-0.3, -0.25) is 0 Å². The van der Waals surface area contributed by atoms with Crippen molar-refractivity contribution >= 4 is 0 Å². The van der Waals surface area contributed by atoms with Crippen LogP contribution in [0.3, 0.4) is 0 Å². The lowest BCUT2D eigenvalue weighted by atomic mass is 9.96. The maximum Gasteiger partial charge on any atom is 0.119 e. The van der Waals surface area contributed by atoms with Gasteiger partial charge in [-0.15, -0.1) is 0 Å². The fraction of sp³-hybridized carbons (Fsp3) is 0.625. The average Bonchev–Trinajstić information content (AvgIpc) is 2.42. The van der Waals surface area contributed by atoms with Crippen LogP contribution in [0.2, 0.25) is 0 Å². The molecule has 0 aromatic heterocycles. The Hall–Kier alpha value is -1.10. The highest BCUT2D eigenvalue weighted by Crippen LogP contribution is 2.26. The summed E-state index contributed by atoms with van der Waals surface area (Å²) in [5.74, 6) is 1.35. The van der Waals surface area contributed by atoms with E-state index in [9.17, 15) is 5.11 Å². The van der Waals surface area contributed by atoms with Gasteiger partial charge in [-0.25, -0.2) is 0 Å². The third-order valence-electron chi connectivity index (χ3n) is 3.37. The molecule has 0 bridgehead atoms. The maximum atomic E-state index is 10.4. The second-order valence-corrected chi connectivity index (χ2v) is 5.64. The van der Waals surface area contributed by atoms with E-state index in [-0.39, 0.29) is 6.04 Å². The largest absolute Gasteiger partial charge is 0.493 e. The first kappa shape index (κ1) is 17.0.